The molecule has 1 aromatic carbocycles. The number of carbonyl (C=O) groups is 1. The summed E-state index contributed by atoms with van der Waals surface area (Å²) in [7, 11) is 0. The van der Waals surface area contributed by atoms with Gasteiger partial charge in [0.05, 0.1) is 5.02 Å². The summed E-state index contributed by atoms with van der Waals surface area (Å²) in [6.45, 7) is 0. The van der Waals surface area contributed by atoms with Gasteiger partial charge in [-0.25, -0.2) is 0 Å². The zero-order chi connectivity index (χ0) is 12.8. The highest BCUT2D eigenvalue weighted by atomic mass is 35.6. The van der Waals surface area contributed by atoms with E-state index in [0.29, 0.717) is 10.6 Å². The molecular weight excluding hydrogens is 329 g/mol. The van der Waals surface area contributed by atoms with E-state index in [2.05, 4.69) is 0 Å². The number of ether oxygens (including phenoxy) is 1. The molecule has 92 valence electrons. The molecule has 0 radical (unpaired) electrons. The van der Waals surface area contributed by atoms with Gasteiger partial charge in [-0.2, -0.15) is 0 Å². The Balaban J connectivity index is 2.17. The van der Waals surface area contributed by atoms with Crippen LogP contribution in [0.2, 0.25) is 10.0 Å². The van der Waals surface area contributed by atoms with E-state index in [4.69, 9.17) is 62.7 Å². The highest BCUT2D eigenvalue weighted by Gasteiger charge is 2.56. The lowest BCUT2D eigenvalue weighted by Gasteiger charge is -2.06. The molecular formula is C10H5Cl5O2. The van der Waals surface area contributed by atoms with Gasteiger partial charge in [-0.1, -0.05) is 58.0 Å². The third-order valence-electron chi connectivity index (χ3n) is 2.27. The lowest BCUT2D eigenvalue weighted by atomic mass is 10.1. The Bertz CT molecular complexity index is 468. The number of hydrogen-bond acceptors (Lipinski definition) is 2. The summed E-state index contributed by atoms with van der Waals surface area (Å²) in [6.07, 6.45) is -1.49. The topological polar surface area (TPSA) is 29.6 Å². The van der Waals surface area contributed by atoms with Crippen molar-refractivity contribution in [1.82, 2.24) is 0 Å². The van der Waals surface area contributed by atoms with Gasteiger partial charge in [0, 0.05) is 10.6 Å². The standard InChI is InChI=1S/C10H5Cl5O2/c11-4-1-2-5(6(12)3-4)7(16)8-9(17-8)10(13,14)15/h1-3,8-9H/t8-,9+/m1/s1. The molecule has 1 fully saturated rings. The fraction of sp³-hybridized carbons (Fsp3) is 0.300. The summed E-state index contributed by atoms with van der Waals surface area (Å²) in [5.41, 5.74) is 0.304. The number of carbonyl (C=O) groups excluding carboxylic acids is 1. The fourth-order valence-electron chi connectivity index (χ4n) is 1.40. The van der Waals surface area contributed by atoms with Crippen molar-refractivity contribution in [3.8, 4) is 0 Å². The number of hydrogen-bond donors (Lipinski definition) is 0. The van der Waals surface area contributed by atoms with Crippen molar-refractivity contribution in [2.75, 3.05) is 0 Å². The van der Waals surface area contributed by atoms with E-state index in [0.717, 1.165) is 0 Å². The van der Waals surface area contributed by atoms with Crippen LogP contribution < -0.4 is 0 Å². The molecule has 0 saturated carbocycles. The van der Waals surface area contributed by atoms with Crippen LogP contribution in [0.1, 0.15) is 10.4 Å². The Labute approximate surface area is 123 Å². The molecule has 0 aliphatic carbocycles. The molecule has 2 rings (SSSR count). The van der Waals surface area contributed by atoms with Crippen LogP contribution in [0.15, 0.2) is 18.2 Å². The smallest absolute Gasteiger partial charge is 0.219 e. The summed E-state index contributed by atoms with van der Waals surface area (Å²) in [5, 5.41) is 0.697. The van der Waals surface area contributed by atoms with Gasteiger partial charge in [0.1, 0.15) is 6.10 Å². The average molecular weight is 334 g/mol. The van der Waals surface area contributed by atoms with Crippen LogP contribution in [0.25, 0.3) is 0 Å². The van der Waals surface area contributed by atoms with Crippen LogP contribution in [0.5, 0.6) is 0 Å². The van der Waals surface area contributed by atoms with Gasteiger partial charge in [-0.15, -0.1) is 0 Å². The number of alkyl halides is 3. The van der Waals surface area contributed by atoms with Crippen LogP contribution in [0.3, 0.4) is 0 Å². The molecule has 1 aliphatic heterocycles. The van der Waals surface area contributed by atoms with Crippen molar-refractivity contribution in [1.29, 1.82) is 0 Å². The van der Waals surface area contributed by atoms with Crippen molar-refractivity contribution < 1.29 is 9.53 Å². The lowest BCUT2D eigenvalue weighted by Crippen LogP contribution is -2.20. The Kier molecular flexibility index (Phi) is 3.85. The molecule has 2 nitrogen and oxygen atoms in total. The summed E-state index contributed by atoms with van der Waals surface area (Å²) >= 11 is 28.5. The first kappa shape index (κ1) is 13.7. The third-order valence-corrected chi connectivity index (χ3v) is 3.46. The molecule has 1 saturated heterocycles. The van der Waals surface area contributed by atoms with E-state index in [1.54, 1.807) is 6.07 Å². The Hall–Kier alpha value is 0.300. The summed E-state index contributed by atoms with van der Waals surface area (Å²) < 4.78 is 3.43. The molecule has 1 aromatic rings. The highest BCUT2D eigenvalue weighted by Crippen LogP contribution is 2.45. The Morgan fingerprint density at radius 3 is 2.35 bits per heavy atom. The van der Waals surface area contributed by atoms with Gasteiger partial charge in [-0.3, -0.25) is 4.79 Å². The molecule has 2 atom stereocenters. The second-order valence-electron chi connectivity index (χ2n) is 3.51. The number of ketones is 1. The minimum absolute atomic E-state index is 0.251. The Morgan fingerprint density at radius 2 is 1.88 bits per heavy atom. The average Bonchev–Trinajstić information content (AvgIpc) is 2.95. The lowest BCUT2D eigenvalue weighted by molar-refractivity contribution is 0.0954. The predicted molar refractivity (Wildman–Crippen MR) is 69.7 cm³/mol. The maximum Gasteiger partial charge on any atom is 0.219 e. The molecule has 0 N–H and O–H groups in total. The van der Waals surface area contributed by atoms with Gasteiger partial charge >= 0.3 is 0 Å². The molecule has 0 aromatic heterocycles. The summed E-state index contributed by atoms with van der Waals surface area (Å²) in [5.74, 6) is -0.317. The van der Waals surface area contributed by atoms with Crippen molar-refractivity contribution in [3.05, 3.63) is 33.8 Å². The quantitative estimate of drug-likeness (QED) is 0.458. The van der Waals surface area contributed by atoms with Gasteiger partial charge in [-0.05, 0) is 18.2 Å². The molecule has 0 amide bonds. The van der Waals surface area contributed by atoms with Crippen molar-refractivity contribution in [2.45, 2.75) is 16.0 Å². The fourth-order valence-corrected chi connectivity index (χ4v) is 2.40. The van der Waals surface area contributed by atoms with Crippen LogP contribution in [-0.4, -0.2) is 21.8 Å². The van der Waals surface area contributed by atoms with Crippen LogP contribution in [0, 0.1) is 0 Å². The van der Waals surface area contributed by atoms with Crippen LogP contribution >= 0.6 is 58.0 Å². The molecule has 1 aliphatic rings. The predicted octanol–water partition coefficient (Wildman–Crippen LogP) is 4.31. The van der Waals surface area contributed by atoms with E-state index in [9.17, 15) is 4.79 Å². The summed E-state index contributed by atoms with van der Waals surface area (Å²) in [6, 6.07) is 4.56. The molecule has 17 heavy (non-hydrogen) atoms. The van der Waals surface area contributed by atoms with Gasteiger partial charge in [0.15, 0.2) is 11.9 Å². The first-order valence-corrected chi connectivity index (χ1v) is 6.41. The summed E-state index contributed by atoms with van der Waals surface area (Å²) in [4.78, 5) is 12.0. The van der Waals surface area contributed by atoms with E-state index in [-0.39, 0.29) is 10.8 Å². The molecule has 0 spiro atoms. The van der Waals surface area contributed by atoms with Crippen molar-refractivity contribution >= 4 is 63.8 Å². The maximum atomic E-state index is 12.0. The number of Topliss-reactive ketones (excluding diaryl/α,β-unsaturated/α-hetero) is 1. The monoisotopic (exact) mass is 332 g/mol. The zero-order valence-electron chi connectivity index (χ0n) is 8.09. The van der Waals surface area contributed by atoms with Gasteiger partial charge in [0.25, 0.3) is 0 Å². The van der Waals surface area contributed by atoms with Crippen LogP contribution in [0.4, 0.5) is 0 Å². The third kappa shape index (κ3) is 3.01. The number of epoxide rings is 1. The second-order valence-corrected chi connectivity index (χ2v) is 6.72. The Morgan fingerprint density at radius 1 is 1.24 bits per heavy atom. The van der Waals surface area contributed by atoms with E-state index in [1.165, 1.54) is 12.1 Å². The molecule has 0 unspecified atom stereocenters. The first-order chi connectivity index (χ1) is 7.80. The van der Waals surface area contributed by atoms with Crippen molar-refractivity contribution in [2.24, 2.45) is 0 Å². The first-order valence-electron chi connectivity index (χ1n) is 4.52. The minimum Gasteiger partial charge on any atom is -0.356 e. The molecule has 0 bridgehead atoms. The second kappa shape index (κ2) is 4.76. The number of benzene rings is 1. The SMILES string of the molecule is O=C(c1ccc(Cl)cc1Cl)[C@H]1O[C@@H]1C(Cl)(Cl)Cl. The van der Waals surface area contributed by atoms with E-state index in [1.807, 2.05) is 0 Å². The highest BCUT2D eigenvalue weighted by molar-refractivity contribution is 6.68. The normalized spacial score (nSPS) is 23.6. The van der Waals surface area contributed by atoms with Gasteiger partial charge in [0.2, 0.25) is 3.79 Å². The number of halogens is 5. The van der Waals surface area contributed by atoms with Gasteiger partial charge < -0.3 is 4.74 Å². The molecule has 1 heterocycles. The van der Waals surface area contributed by atoms with Crippen LogP contribution in [-0.2, 0) is 4.74 Å². The maximum absolute atomic E-state index is 12.0. The molecule has 7 heteroatoms. The minimum atomic E-state index is -1.61. The largest absolute Gasteiger partial charge is 0.356 e. The van der Waals surface area contributed by atoms with E-state index >= 15 is 0 Å². The van der Waals surface area contributed by atoms with E-state index < -0.39 is 16.0 Å². The van der Waals surface area contributed by atoms with Crippen molar-refractivity contribution in [3.63, 3.8) is 0 Å². The zero-order valence-corrected chi connectivity index (χ0v) is 11.9. The number of rotatable bonds is 2.